The number of benzene rings is 1. The van der Waals surface area contributed by atoms with Gasteiger partial charge in [0, 0.05) is 18.0 Å². The summed E-state index contributed by atoms with van der Waals surface area (Å²) in [6.07, 6.45) is 4.65. The van der Waals surface area contributed by atoms with Crippen LogP contribution in [0.3, 0.4) is 0 Å². The third kappa shape index (κ3) is 4.74. The van der Waals surface area contributed by atoms with Crippen LogP contribution in [0.2, 0.25) is 0 Å². The minimum atomic E-state index is -0.446. The van der Waals surface area contributed by atoms with Crippen molar-refractivity contribution in [1.82, 2.24) is 14.8 Å². The van der Waals surface area contributed by atoms with E-state index in [0.717, 1.165) is 11.3 Å². The summed E-state index contributed by atoms with van der Waals surface area (Å²) in [4.78, 5) is 27.0. The van der Waals surface area contributed by atoms with Gasteiger partial charge in [-0.1, -0.05) is 18.2 Å². The topological polar surface area (TPSA) is 103 Å². The molecule has 0 unspecified atom stereocenters. The van der Waals surface area contributed by atoms with Crippen LogP contribution in [0, 0.1) is 0 Å². The second kappa shape index (κ2) is 7.71. The predicted molar refractivity (Wildman–Crippen MR) is 95.5 cm³/mol. The van der Waals surface area contributed by atoms with E-state index in [2.05, 4.69) is 15.4 Å². The van der Waals surface area contributed by atoms with Gasteiger partial charge in [-0.25, -0.2) is 9.67 Å². The van der Waals surface area contributed by atoms with Gasteiger partial charge in [0.25, 0.3) is 0 Å². The summed E-state index contributed by atoms with van der Waals surface area (Å²) in [7, 11) is 0. The second-order valence-corrected chi connectivity index (χ2v) is 6.32. The molecular formula is C17H17N5O2S. The van der Waals surface area contributed by atoms with E-state index in [-0.39, 0.29) is 12.3 Å². The largest absolute Gasteiger partial charge is 0.369 e. The number of carbonyl (C=O) groups excluding carboxylic acids is 2. The van der Waals surface area contributed by atoms with Crippen LogP contribution in [0.5, 0.6) is 0 Å². The van der Waals surface area contributed by atoms with E-state index in [1.807, 2.05) is 36.5 Å². The molecule has 2 aromatic heterocycles. The van der Waals surface area contributed by atoms with Crippen LogP contribution in [0.15, 0.2) is 48.1 Å². The lowest BCUT2D eigenvalue weighted by atomic mass is 10.2. The maximum Gasteiger partial charge on any atom is 0.226 e. The molecule has 0 aliphatic heterocycles. The average molecular weight is 355 g/mol. The minimum Gasteiger partial charge on any atom is -0.369 e. The Hall–Kier alpha value is -3.00. The van der Waals surface area contributed by atoms with Gasteiger partial charge in [0.1, 0.15) is 0 Å². The van der Waals surface area contributed by atoms with E-state index in [9.17, 15) is 9.59 Å². The third-order valence-corrected chi connectivity index (χ3v) is 4.26. The zero-order chi connectivity index (χ0) is 17.6. The number of rotatable bonds is 7. The van der Waals surface area contributed by atoms with E-state index in [1.165, 1.54) is 11.3 Å². The Morgan fingerprint density at radius 3 is 2.80 bits per heavy atom. The molecule has 128 valence electrons. The first-order valence-electron chi connectivity index (χ1n) is 7.71. The zero-order valence-corrected chi connectivity index (χ0v) is 14.2. The highest BCUT2D eigenvalue weighted by Crippen LogP contribution is 2.16. The molecule has 2 heterocycles. The van der Waals surface area contributed by atoms with E-state index < -0.39 is 5.91 Å². The van der Waals surface area contributed by atoms with Crippen molar-refractivity contribution in [3.05, 3.63) is 59.4 Å². The summed E-state index contributed by atoms with van der Waals surface area (Å²) < 4.78 is 1.78. The van der Waals surface area contributed by atoms with E-state index in [0.29, 0.717) is 23.7 Å². The second-order valence-electron chi connectivity index (χ2n) is 5.46. The molecule has 3 rings (SSSR count). The quantitative estimate of drug-likeness (QED) is 0.676. The maximum absolute atomic E-state index is 12.0. The summed E-state index contributed by atoms with van der Waals surface area (Å²) >= 11 is 1.28. The Morgan fingerprint density at radius 2 is 2.04 bits per heavy atom. The molecule has 0 fully saturated rings. The number of anilines is 1. The fraction of sp³-hybridized carbons (Fsp3) is 0.176. The number of aromatic nitrogens is 3. The van der Waals surface area contributed by atoms with Crippen molar-refractivity contribution in [3.8, 4) is 5.69 Å². The molecule has 0 spiro atoms. The number of hydrogen-bond donors (Lipinski definition) is 2. The van der Waals surface area contributed by atoms with Crippen molar-refractivity contribution in [1.29, 1.82) is 0 Å². The lowest BCUT2D eigenvalue weighted by molar-refractivity contribution is -0.117. The Labute approximate surface area is 148 Å². The first kappa shape index (κ1) is 16.8. The highest BCUT2D eigenvalue weighted by atomic mass is 32.1. The van der Waals surface area contributed by atoms with Gasteiger partial charge in [-0.15, -0.1) is 11.3 Å². The van der Waals surface area contributed by atoms with E-state index >= 15 is 0 Å². The van der Waals surface area contributed by atoms with E-state index in [1.54, 1.807) is 16.3 Å². The Kier molecular flexibility index (Phi) is 5.20. The molecule has 3 aromatic rings. The Morgan fingerprint density at radius 1 is 1.24 bits per heavy atom. The molecule has 2 amide bonds. The molecule has 7 nitrogen and oxygen atoms in total. The summed E-state index contributed by atoms with van der Waals surface area (Å²) in [6.45, 7) is 0. The fourth-order valence-corrected chi connectivity index (χ4v) is 3.00. The van der Waals surface area contributed by atoms with Crippen LogP contribution in [0.4, 0.5) is 5.13 Å². The molecular weight excluding hydrogens is 338 g/mol. The number of carbonyl (C=O) groups is 2. The molecule has 0 radical (unpaired) electrons. The van der Waals surface area contributed by atoms with Gasteiger partial charge < -0.3 is 11.1 Å². The van der Waals surface area contributed by atoms with Crippen molar-refractivity contribution < 1.29 is 9.59 Å². The molecule has 0 bridgehead atoms. The summed E-state index contributed by atoms with van der Waals surface area (Å²) in [6, 6.07) is 9.78. The molecule has 0 saturated carbocycles. The van der Waals surface area contributed by atoms with Gasteiger partial charge in [0.05, 0.1) is 24.0 Å². The first-order valence-corrected chi connectivity index (χ1v) is 8.59. The summed E-state index contributed by atoms with van der Waals surface area (Å²) in [5, 5.41) is 9.23. The number of amides is 2. The van der Waals surface area contributed by atoms with Crippen molar-refractivity contribution in [3.63, 3.8) is 0 Å². The lowest BCUT2D eigenvalue weighted by Gasteiger charge is -2.01. The lowest BCUT2D eigenvalue weighted by Crippen LogP contribution is -2.14. The number of nitrogens with one attached hydrogen (secondary N) is 1. The number of primary amides is 1. The first-order chi connectivity index (χ1) is 12.1. The molecule has 25 heavy (non-hydrogen) atoms. The molecule has 0 saturated heterocycles. The van der Waals surface area contributed by atoms with Crippen LogP contribution in [-0.4, -0.2) is 26.6 Å². The number of aryl methyl sites for hydroxylation is 1. The van der Waals surface area contributed by atoms with Gasteiger partial charge in [-0.3, -0.25) is 9.59 Å². The zero-order valence-electron chi connectivity index (χ0n) is 13.4. The van der Waals surface area contributed by atoms with Crippen LogP contribution >= 0.6 is 11.3 Å². The molecule has 3 N–H and O–H groups in total. The molecule has 8 heteroatoms. The van der Waals surface area contributed by atoms with Crippen molar-refractivity contribution in [2.45, 2.75) is 19.3 Å². The highest BCUT2D eigenvalue weighted by Gasteiger charge is 2.09. The molecule has 0 aliphatic carbocycles. The number of thiazole rings is 1. The van der Waals surface area contributed by atoms with Gasteiger partial charge in [0.2, 0.25) is 11.8 Å². The van der Waals surface area contributed by atoms with Gasteiger partial charge in [-0.2, -0.15) is 5.10 Å². The average Bonchev–Trinajstić information content (AvgIpc) is 3.23. The number of nitrogens with two attached hydrogens (primary N) is 1. The van der Waals surface area contributed by atoms with Gasteiger partial charge in [-0.05, 0) is 24.1 Å². The van der Waals surface area contributed by atoms with Gasteiger partial charge in [0.15, 0.2) is 5.13 Å². The van der Waals surface area contributed by atoms with Crippen LogP contribution in [-0.2, 0) is 22.4 Å². The fourth-order valence-electron chi connectivity index (χ4n) is 2.27. The SMILES string of the molecule is NC(=O)Cc1csc(NC(=O)CCc2cnn(-c3ccccc3)c2)n1. The van der Waals surface area contributed by atoms with Gasteiger partial charge >= 0.3 is 0 Å². The number of para-hydroxylation sites is 1. The predicted octanol–water partition coefficient (Wildman–Crippen LogP) is 1.93. The highest BCUT2D eigenvalue weighted by molar-refractivity contribution is 7.13. The Balaban J connectivity index is 1.52. The number of hydrogen-bond acceptors (Lipinski definition) is 5. The smallest absolute Gasteiger partial charge is 0.226 e. The standard InChI is InChI=1S/C17H17N5O2S/c18-15(23)8-13-11-25-17(20-13)21-16(24)7-6-12-9-19-22(10-12)14-4-2-1-3-5-14/h1-5,9-11H,6-8H2,(H2,18,23)(H,20,21,24). The molecule has 0 atom stereocenters. The number of nitrogens with zero attached hydrogens (tertiary/aromatic N) is 3. The normalized spacial score (nSPS) is 10.6. The monoisotopic (exact) mass is 355 g/mol. The van der Waals surface area contributed by atoms with Crippen molar-refractivity contribution in [2.75, 3.05) is 5.32 Å². The van der Waals surface area contributed by atoms with Crippen molar-refractivity contribution >= 4 is 28.3 Å². The summed E-state index contributed by atoms with van der Waals surface area (Å²) in [5.41, 5.74) is 7.64. The Bertz CT molecular complexity index is 872. The van der Waals surface area contributed by atoms with Crippen molar-refractivity contribution in [2.24, 2.45) is 5.73 Å². The molecule has 0 aliphatic rings. The minimum absolute atomic E-state index is 0.0744. The maximum atomic E-state index is 12.0. The van der Waals surface area contributed by atoms with E-state index in [4.69, 9.17) is 5.73 Å². The third-order valence-electron chi connectivity index (χ3n) is 3.45. The van der Waals surface area contributed by atoms with Crippen LogP contribution in [0.1, 0.15) is 17.7 Å². The molecule has 1 aromatic carbocycles. The van der Waals surface area contributed by atoms with Crippen LogP contribution in [0.25, 0.3) is 5.69 Å². The summed E-state index contributed by atoms with van der Waals surface area (Å²) in [5.74, 6) is -0.578. The van der Waals surface area contributed by atoms with Crippen LogP contribution < -0.4 is 11.1 Å².